The van der Waals surface area contributed by atoms with Gasteiger partial charge in [0.05, 0.1) is 0 Å². The van der Waals surface area contributed by atoms with Crippen LogP contribution in [0.5, 0.6) is 0 Å². The molecule has 0 amide bonds. The zero-order valence-corrected chi connectivity index (χ0v) is 12.4. The summed E-state index contributed by atoms with van der Waals surface area (Å²) in [7, 11) is 0. The van der Waals surface area contributed by atoms with Crippen molar-refractivity contribution >= 4 is 17.4 Å². The number of benzene rings is 2. The van der Waals surface area contributed by atoms with E-state index in [1.165, 1.54) is 16.1 Å². The van der Waals surface area contributed by atoms with Crippen LogP contribution in [-0.4, -0.2) is 12.3 Å². The fraction of sp³-hybridized carbons (Fsp3) is 0.294. The Morgan fingerprint density at radius 2 is 1.79 bits per heavy atom. The van der Waals surface area contributed by atoms with Crippen LogP contribution in [0.1, 0.15) is 25.3 Å². The number of nitrogens with one attached hydrogen (secondary N) is 1. The fourth-order valence-electron chi connectivity index (χ4n) is 1.89. The highest BCUT2D eigenvalue weighted by Gasteiger charge is 1.99. The normalized spacial score (nSPS) is 10.7. The van der Waals surface area contributed by atoms with Crippen LogP contribution >= 0.6 is 11.8 Å². The molecule has 0 aromatic heterocycles. The van der Waals surface area contributed by atoms with Crippen molar-refractivity contribution in [3.05, 3.63) is 60.2 Å². The molecule has 2 aromatic rings. The van der Waals surface area contributed by atoms with Crippen molar-refractivity contribution < 1.29 is 0 Å². The second kappa shape index (κ2) is 7.25. The molecule has 2 heteroatoms. The Kier molecular flexibility index (Phi) is 5.34. The first kappa shape index (κ1) is 14.0. The summed E-state index contributed by atoms with van der Waals surface area (Å²) >= 11 is 1.89. The molecule has 0 fully saturated rings. The van der Waals surface area contributed by atoms with Crippen molar-refractivity contribution in [1.29, 1.82) is 0 Å². The molecule has 2 aromatic carbocycles. The number of anilines is 1. The van der Waals surface area contributed by atoms with Crippen LogP contribution in [0.3, 0.4) is 0 Å². The molecule has 0 heterocycles. The lowest BCUT2D eigenvalue weighted by Gasteiger charge is -2.10. The number of hydrogen-bond donors (Lipinski definition) is 1. The Bertz CT molecular complexity index is 494. The summed E-state index contributed by atoms with van der Waals surface area (Å²) in [5.74, 6) is 1.66. The van der Waals surface area contributed by atoms with Gasteiger partial charge in [-0.05, 0) is 35.7 Å². The van der Waals surface area contributed by atoms with Gasteiger partial charge >= 0.3 is 0 Å². The molecule has 0 aliphatic rings. The average Bonchev–Trinajstić information content (AvgIpc) is 2.45. The van der Waals surface area contributed by atoms with Gasteiger partial charge in [-0.1, -0.05) is 44.2 Å². The molecular formula is C17H21NS. The Labute approximate surface area is 120 Å². The van der Waals surface area contributed by atoms with Crippen LogP contribution < -0.4 is 5.32 Å². The fourth-order valence-corrected chi connectivity index (χ4v) is 2.68. The zero-order chi connectivity index (χ0) is 13.5. The molecule has 2 rings (SSSR count). The lowest BCUT2D eigenvalue weighted by atomic mass is 10.0. The Hall–Kier alpha value is -1.41. The molecule has 0 atom stereocenters. The van der Waals surface area contributed by atoms with Crippen molar-refractivity contribution in [1.82, 2.24) is 0 Å². The second-order valence-electron chi connectivity index (χ2n) is 4.87. The Balaban J connectivity index is 1.78. The highest BCUT2D eigenvalue weighted by Crippen LogP contribution is 2.19. The molecule has 0 aliphatic carbocycles. The maximum absolute atomic E-state index is 3.49. The van der Waals surface area contributed by atoms with Gasteiger partial charge in [-0.3, -0.25) is 0 Å². The minimum Gasteiger partial charge on any atom is -0.384 e. The van der Waals surface area contributed by atoms with Crippen molar-refractivity contribution in [2.45, 2.75) is 24.7 Å². The topological polar surface area (TPSA) is 12.0 Å². The molecule has 1 nitrogen and oxygen atoms in total. The third-order valence-corrected chi connectivity index (χ3v) is 4.01. The molecule has 1 N–H and O–H groups in total. The molecule has 19 heavy (non-hydrogen) atoms. The van der Waals surface area contributed by atoms with E-state index in [-0.39, 0.29) is 0 Å². The number of rotatable bonds is 6. The van der Waals surface area contributed by atoms with Crippen molar-refractivity contribution in [2.24, 2.45) is 0 Å². The first-order chi connectivity index (χ1) is 9.25. The molecular weight excluding hydrogens is 250 g/mol. The lowest BCUT2D eigenvalue weighted by Crippen LogP contribution is -2.04. The van der Waals surface area contributed by atoms with Gasteiger partial charge in [-0.25, -0.2) is 0 Å². The maximum atomic E-state index is 3.49. The third kappa shape index (κ3) is 4.64. The van der Waals surface area contributed by atoms with Crippen LogP contribution in [0.25, 0.3) is 0 Å². The second-order valence-corrected chi connectivity index (χ2v) is 6.04. The van der Waals surface area contributed by atoms with Crippen LogP contribution in [0.2, 0.25) is 0 Å². The van der Waals surface area contributed by atoms with Crippen LogP contribution in [0, 0.1) is 0 Å². The molecule has 0 spiro atoms. The summed E-state index contributed by atoms with van der Waals surface area (Å²) in [6.07, 6.45) is 0. The third-order valence-electron chi connectivity index (χ3n) is 3.00. The van der Waals surface area contributed by atoms with Crippen LogP contribution in [0.15, 0.2) is 59.5 Å². The van der Waals surface area contributed by atoms with E-state index in [1.807, 2.05) is 11.8 Å². The van der Waals surface area contributed by atoms with Crippen molar-refractivity contribution in [2.75, 3.05) is 17.6 Å². The van der Waals surface area contributed by atoms with Crippen molar-refractivity contribution in [3.63, 3.8) is 0 Å². The molecule has 0 unspecified atom stereocenters. The Morgan fingerprint density at radius 1 is 1.00 bits per heavy atom. The van der Waals surface area contributed by atoms with Gasteiger partial charge in [0.25, 0.3) is 0 Å². The molecule has 0 bridgehead atoms. The van der Waals surface area contributed by atoms with E-state index in [0.717, 1.165) is 12.3 Å². The van der Waals surface area contributed by atoms with Gasteiger partial charge in [0.2, 0.25) is 0 Å². The summed E-state index contributed by atoms with van der Waals surface area (Å²) in [6.45, 7) is 5.44. The zero-order valence-electron chi connectivity index (χ0n) is 11.6. The van der Waals surface area contributed by atoms with E-state index in [0.29, 0.717) is 5.92 Å². The molecule has 0 aliphatic heterocycles. The molecule has 0 saturated heterocycles. The van der Waals surface area contributed by atoms with Crippen LogP contribution in [-0.2, 0) is 0 Å². The van der Waals surface area contributed by atoms with E-state index < -0.39 is 0 Å². The Morgan fingerprint density at radius 3 is 2.53 bits per heavy atom. The standard InChI is InChI=1S/C17H21NS/c1-14(2)15-7-6-8-16(13-15)18-11-12-19-17-9-4-3-5-10-17/h3-10,13-14,18H,11-12H2,1-2H3. The molecule has 0 saturated carbocycles. The predicted molar refractivity (Wildman–Crippen MR) is 86.2 cm³/mol. The summed E-state index contributed by atoms with van der Waals surface area (Å²) in [5.41, 5.74) is 2.61. The van der Waals surface area contributed by atoms with Gasteiger partial charge in [-0.15, -0.1) is 11.8 Å². The summed E-state index contributed by atoms with van der Waals surface area (Å²) in [6, 6.07) is 19.2. The largest absolute Gasteiger partial charge is 0.384 e. The van der Waals surface area contributed by atoms with Gasteiger partial charge in [-0.2, -0.15) is 0 Å². The highest BCUT2D eigenvalue weighted by molar-refractivity contribution is 7.99. The molecule has 100 valence electrons. The SMILES string of the molecule is CC(C)c1cccc(NCCSc2ccccc2)c1. The van der Waals surface area contributed by atoms with E-state index in [2.05, 4.69) is 73.8 Å². The maximum Gasteiger partial charge on any atom is 0.0343 e. The van der Waals surface area contributed by atoms with E-state index in [4.69, 9.17) is 0 Å². The quantitative estimate of drug-likeness (QED) is 0.585. The van der Waals surface area contributed by atoms with Gasteiger partial charge in [0, 0.05) is 22.9 Å². The minimum atomic E-state index is 0.584. The smallest absolute Gasteiger partial charge is 0.0343 e. The van der Waals surface area contributed by atoms with E-state index >= 15 is 0 Å². The van der Waals surface area contributed by atoms with Gasteiger partial charge in [0.15, 0.2) is 0 Å². The average molecular weight is 271 g/mol. The van der Waals surface area contributed by atoms with Crippen molar-refractivity contribution in [3.8, 4) is 0 Å². The van der Waals surface area contributed by atoms with E-state index in [9.17, 15) is 0 Å². The predicted octanol–water partition coefficient (Wildman–Crippen LogP) is 5.01. The molecule has 0 radical (unpaired) electrons. The first-order valence-corrected chi connectivity index (χ1v) is 7.76. The number of thioether (sulfide) groups is 1. The highest BCUT2D eigenvalue weighted by atomic mass is 32.2. The van der Waals surface area contributed by atoms with E-state index in [1.54, 1.807) is 0 Å². The minimum absolute atomic E-state index is 0.584. The van der Waals surface area contributed by atoms with Crippen LogP contribution in [0.4, 0.5) is 5.69 Å². The summed E-state index contributed by atoms with van der Waals surface area (Å²) in [5, 5.41) is 3.49. The van der Waals surface area contributed by atoms with Gasteiger partial charge < -0.3 is 5.32 Å². The lowest BCUT2D eigenvalue weighted by molar-refractivity contribution is 0.867. The number of hydrogen-bond acceptors (Lipinski definition) is 2. The summed E-state index contributed by atoms with van der Waals surface area (Å²) in [4.78, 5) is 1.33. The first-order valence-electron chi connectivity index (χ1n) is 6.77. The van der Waals surface area contributed by atoms with Gasteiger partial charge in [0.1, 0.15) is 0 Å². The summed E-state index contributed by atoms with van der Waals surface area (Å²) < 4.78 is 0. The monoisotopic (exact) mass is 271 g/mol.